The molecular weight excluding hydrogens is 374 g/mol. The van der Waals surface area contributed by atoms with Crippen LogP contribution in [0.5, 0.6) is 0 Å². The van der Waals surface area contributed by atoms with Crippen molar-refractivity contribution >= 4 is 17.5 Å². The summed E-state index contributed by atoms with van der Waals surface area (Å²) in [6.45, 7) is 1.91. The lowest BCUT2D eigenvalue weighted by Gasteiger charge is -2.28. The van der Waals surface area contributed by atoms with E-state index in [0.29, 0.717) is 30.0 Å². The lowest BCUT2D eigenvalue weighted by molar-refractivity contribution is -0.142. The second-order valence-electron chi connectivity index (χ2n) is 6.21. The van der Waals surface area contributed by atoms with Crippen molar-refractivity contribution in [3.8, 4) is 0 Å². The fourth-order valence-electron chi connectivity index (χ4n) is 3.18. The highest BCUT2D eigenvalue weighted by molar-refractivity contribution is 6.31. The molecule has 2 heterocycles. The van der Waals surface area contributed by atoms with Gasteiger partial charge in [0.1, 0.15) is 11.9 Å². The third-order valence-corrected chi connectivity index (χ3v) is 4.85. The first-order valence-corrected chi connectivity index (χ1v) is 8.44. The molecule has 1 saturated heterocycles. The molecule has 0 N–H and O–H groups in total. The van der Waals surface area contributed by atoms with E-state index >= 15 is 0 Å². The molecule has 1 aromatic heterocycles. The van der Waals surface area contributed by atoms with Crippen molar-refractivity contribution in [1.82, 2.24) is 14.7 Å². The molecule has 1 aromatic carbocycles. The van der Waals surface area contributed by atoms with Crippen LogP contribution in [-0.2, 0) is 11.0 Å². The molecule has 26 heavy (non-hydrogen) atoms. The topological polar surface area (TPSA) is 38.1 Å². The van der Waals surface area contributed by atoms with E-state index in [9.17, 15) is 22.4 Å². The minimum absolute atomic E-state index is 0.349. The van der Waals surface area contributed by atoms with E-state index in [4.69, 9.17) is 11.6 Å². The molecule has 1 aliphatic rings. The number of aromatic nitrogens is 2. The number of hydrogen-bond donors (Lipinski definition) is 0. The first-order chi connectivity index (χ1) is 12.2. The molecule has 4 nitrogen and oxygen atoms in total. The number of carbonyl (C=O) groups excluding carboxylic acids is 1. The number of rotatable bonds is 3. The zero-order chi connectivity index (χ0) is 19.1. The first-order valence-electron chi connectivity index (χ1n) is 8.06. The second-order valence-corrected chi connectivity index (χ2v) is 6.62. The molecule has 2 atom stereocenters. The van der Waals surface area contributed by atoms with Gasteiger partial charge >= 0.3 is 6.18 Å². The second kappa shape index (κ2) is 6.90. The Labute approximate surface area is 152 Å². The van der Waals surface area contributed by atoms with Crippen LogP contribution in [0.1, 0.15) is 43.1 Å². The fourth-order valence-corrected chi connectivity index (χ4v) is 3.43. The Morgan fingerprint density at radius 2 is 2.08 bits per heavy atom. The minimum Gasteiger partial charge on any atom is -0.334 e. The number of alkyl halides is 3. The van der Waals surface area contributed by atoms with Crippen LogP contribution < -0.4 is 0 Å². The summed E-state index contributed by atoms with van der Waals surface area (Å²) in [6.07, 6.45) is -2.14. The summed E-state index contributed by atoms with van der Waals surface area (Å²) in [4.78, 5) is 14.4. The number of halogens is 5. The lowest BCUT2D eigenvalue weighted by Crippen LogP contribution is -2.36. The SMILES string of the molecule is CC(C(=O)N1CCCC1c1cc(F)ccc1Cl)n1ccc(C(F)(F)F)n1. The molecule has 0 aliphatic carbocycles. The van der Waals surface area contributed by atoms with Gasteiger partial charge in [-0.25, -0.2) is 4.39 Å². The van der Waals surface area contributed by atoms with Crippen LogP contribution in [0.3, 0.4) is 0 Å². The Balaban J connectivity index is 1.84. The van der Waals surface area contributed by atoms with Gasteiger partial charge in [0, 0.05) is 17.8 Å². The minimum atomic E-state index is -4.57. The van der Waals surface area contributed by atoms with Gasteiger partial charge in [-0.3, -0.25) is 9.48 Å². The van der Waals surface area contributed by atoms with Crippen molar-refractivity contribution in [2.75, 3.05) is 6.54 Å². The van der Waals surface area contributed by atoms with Crippen LogP contribution in [0, 0.1) is 5.82 Å². The average Bonchev–Trinajstić information content (AvgIpc) is 3.24. The molecule has 9 heteroatoms. The molecule has 3 rings (SSSR count). The summed E-state index contributed by atoms with van der Waals surface area (Å²) < 4.78 is 52.7. The predicted octanol–water partition coefficient (Wildman–Crippen LogP) is 4.62. The normalized spacial score (nSPS) is 19.0. The highest BCUT2D eigenvalue weighted by Gasteiger charge is 2.37. The van der Waals surface area contributed by atoms with Gasteiger partial charge in [-0.15, -0.1) is 0 Å². The summed E-state index contributed by atoms with van der Waals surface area (Å²) in [7, 11) is 0. The number of carbonyl (C=O) groups is 1. The molecule has 0 spiro atoms. The Morgan fingerprint density at radius 3 is 2.73 bits per heavy atom. The molecule has 1 amide bonds. The maximum Gasteiger partial charge on any atom is 0.435 e. The number of amides is 1. The largest absolute Gasteiger partial charge is 0.435 e. The van der Waals surface area contributed by atoms with Gasteiger partial charge in [-0.05, 0) is 49.6 Å². The average molecular weight is 390 g/mol. The van der Waals surface area contributed by atoms with Crippen LogP contribution >= 0.6 is 11.6 Å². The van der Waals surface area contributed by atoms with Crippen LogP contribution in [-0.4, -0.2) is 27.1 Å². The molecule has 2 aromatic rings. The zero-order valence-corrected chi connectivity index (χ0v) is 14.6. The Bertz CT molecular complexity index is 821. The van der Waals surface area contributed by atoms with Gasteiger partial charge in [0.15, 0.2) is 5.69 Å². The number of nitrogens with zero attached hydrogens (tertiary/aromatic N) is 3. The summed E-state index contributed by atoms with van der Waals surface area (Å²) >= 11 is 6.15. The van der Waals surface area contributed by atoms with Crippen molar-refractivity contribution in [2.45, 2.75) is 38.0 Å². The Morgan fingerprint density at radius 1 is 1.35 bits per heavy atom. The summed E-state index contributed by atoms with van der Waals surface area (Å²) in [5, 5.41) is 3.81. The van der Waals surface area contributed by atoms with E-state index in [-0.39, 0.29) is 5.91 Å². The molecule has 0 saturated carbocycles. The third kappa shape index (κ3) is 3.56. The van der Waals surface area contributed by atoms with Crippen molar-refractivity contribution in [2.24, 2.45) is 0 Å². The van der Waals surface area contributed by atoms with Gasteiger partial charge in [-0.2, -0.15) is 18.3 Å². The highest BCUT2D eigenvalue weighted by atomic mass is 35.5. The number of likely N-dealkylation sites (tertiary alicyclic amines) is 1. The maximum atomic E-state index is 13.6. The van der Waals surface area contributed by atoms with Crippen LogP contribution in [0.15, 0.2) is 30.5 Å². The Hall–Kier alpha value is -2.09. The van der Waals surface area contributed by atoms with E-state index in [1.807, 2.05) is 0 Å². The maximum absolute atomic E-state index is 13.6. The molecule has 2 unspecified atom stereocenters. The van der Waals surface area contributed by atoms with Crippen molar-refractivity contribution in [3.63, 3.8) is 0 Å². The fraction of sp³-hybridized carbons (Fsp3) is 0.412. The Kier molecular flexibility index (Phi) is 4.96. The van der Waals surface area contributed by atoms with Gasteiger partial charge in [0.05, 0.1) is 6.04 Å². The molecule has 1 aliphatic heterocycles. The monoisotopic (exact) mass is 389 g/mol. The van der Waals surface area contributed by atoms with Gasteiger partial charge in [-0.1, -0.05) is 11.6 Å². The smallest absolute Gasteiger partial charge is 0.334 e. The molecule has 140 valence electrons. The van der Waals surface area contributed by atoms with E-state index in [0.717, 1.165) is 16.9 Å². The standard InChI is InChI=1S/C17H16ClF4N3O/c1-10(25-8-6-15(23-25)17(20,21)22)16(26)24-7-2-3-14(24)12-9-11(19)4-5-13(12)18/h4-6,8-10,14H,2-3,7H2,1H3. The van der Waals surface area contributed by atoms with Gasteiger partial charge in [0.2, 0.25) is 5.91 Å². The lowest BCUT2D eigenvalue weighted by atomic mass is 10.0. The summed E-state index contributed by atoms with van der Waals surface area (Å²) in [6, 6.07) is 3.45. The number of benzene rings is 1. The third-order valence-electron chi connectivity index (χ3n) is 4.51. The molecule has 1 fully saturated rings. The van der Waals surface area contributed by atoms with Gasteiger partial charge in [0.25, 0.3) is 0 Å². The quantitative estimate of drug-likeness (QED) is 0.718. The summed E-state index contributed by atoms with van der Waals surface area (Å²) in [5.74, 6) is -0.844. The van der Waals surface area contributed by atoms with E-state index in [1.54, 1.807) is 0 Å². The molecule has 0 bridgehead atoms. The predicted molar refractivity (Wildman–Crippen MR) is 87.0 cm³/mol. The van der Waals surface area contributed by atoms with E-state index in [2.05, 4.69) is 5.10 Å². The van der Waals surface area contributed by atoms with Crippen LogP contribution in [0.4, 0.5) is 17.6 Å². The summed E-state index contributed by atoms with van der Waals surface area (Å²) in [5.41, 5.74) is -0.551. The zero-order valence-electron chi connectivity index (χ0n) is 13.8. The number of hydrogen-bond acceptors (Lipinski definition) is 2. The molecular formula is C17H16ClF4N3O. The van der Waals surface area contributed by atoms with E-state index in [1.165, 1.54) is 30.0 Å². The van der Waals surface area contributed by atoms with E-state index < -0.39 is 29.8 Å². The van der Waals surface area contributed by atoms with Crippen molar-refractivity contribution < 1.29 is 22.4 Å². The van der Waals surface area contributed by atoms with Crippen molar-refractivity contribution in [3.05, 3.63) is 52.6 Å². The molecule has 0 radical (unpaired) electrons. The first kappa shape index (κ1) is 18.7. The van der Waals surface area contributed by atoms with Crippen molar-refractivity contribution in [1.29, 1.82) is 0 Å². The van der Waals surface area contributed by atoms with Gasteiger partial charge < -0.3 is 4.90 Å². The van der Waals surface area contributed by atoms with Crippen LogP contribution in [0.2, 0.25) is 5.02 Å². The van der Waals surface area contributed by atoms with Crippen LogP contribution in [0.25, 0.3) is 0 Å². The highest BCUT2D eigenvalue weighted by Crippen LogP contribution is 2.37.